The standard InChI is InChI=1S/C62H40N2O/c1-3-18-50-42(13-1)15-12-23-51(50)45-17-11-16-44(39-45)41-27-31-47(32-28-41)63(48-33-35-49(36-34-48)64-59-25-9-6-21-54(59)55-22-7-10-26-60(55)64)58-24-8-5-19-52(58)46-30-38-61-57(40-46)56-37-29-43-14-2-4-20-53(43)62(56)65-61/h1-40H. The zero-order valence-corrected chi connectivity index (χ0v) is 35.4. The van der Waals surface area contributed by atoms with Crippen LogP contribution in [0.25, 0.3) is 104 Å². The third-order valence-electron chi connectivity index (χ3n) is 13.2. The van der Waals surface area contributed by atoms with Crippen molar-refractivity contribution in [2.45, 2.75) is 0 Å². The van der Waals surface area contributed by atoms with Crippen LogP contribution >= 0.6 is 0 Å². The molecular weight excluding hydrogens is 789 g/mol. The first-order valence-electron chi connectivity index (χ1n) is 22.2. The quantitative estimate of drug-likeness (QED) is 0.160. The molecule has 3 heteroatoms. The summed E-state index contributed by atoms with van der Waals surface area (Å²) in [6.07, 6.45) is 0. The van der Waals surface area contributed by atoms with Gasteiger partial charge in [-0.1, -0.05) is 164 Å². The van der Waals surface area contributed by atoms with Gasteiger partial charge in [0.25, 0.3) is 0 Å². The fourth-order valence-corrected chi connectivity index (χ4v) is 10.1. The van der Waals surface area contributed by atoms with E-state index in [1.165, 1.54) is 54.7 Å². The predicted molar refractivity (Wildman–Crippen MR) is 274 cm³/mol. The number of anilines is 3. The highest BCUT2D eigenvalue weighted by molar-refractivity contribution is 6.16. The number of furan rings is 1. The van der Waals surface area contributed by atoms with Crippen molar-refractivity contribution >= 4 is 82.4 Å². The molecule has 2 aromatic heterocycles. The second-order valence-corrected chi connectivity index (χ2v) is 16.9. The van der Waals surface area contributed by atoms with Crippen LogP contribution in [0.2, 0.25) is 0 Å². The smallest absolute Gasteiger partial charge is 0.143 e. The Morgan fingerprint density at radius 1 is 0.323 bits per heavy atom. The monoisotopic (exact) mass is 828 g/mol. The summed E-state index contributed by atoms with van der Waals surface area (Å²) in [6.45, 7) is 0. The summed E-state index contributed by atoms with van der Waals surface area (Å²) in [7, 11) is 0. The van der Waals surface area contributed by atoms with E-state index >= 15 is 0 Å². The number of hydrogen-bond acceptors (Lipinski definition) is 2. The highest BCUT2D eigenvalue weighted by atomic mass is 16.3. The lowest BCUT2D eigenvalue weighted by Crippen LogP contribution is -2.11. The molecule has 0 radical (unpaired) electrons. The molecule has 65 heavy (non-hydrogen) atoms. The van der Waals surface area contributed by atoms with Crippen molar-refractivity contribution < 1.29 is 4.42 Å². The molecule has 13 rings (SSSR count). The number of aromatic nitrogens is 1. The number of rotatable bonds is 7. The Bertz CT molecular complexity index is 3890. The van der Waals surface area contributed by atoms with E-state index in [2.05, 4.69) is 252 Å². The zero-order valence-electron chi connectivity index (χ0n) is 35.4. The van der Waals surface area contributed by atoms with E-state index in [1.807, 2.05) is 0 Å². The average molecular weight is 829 g/mol. The molecule has 2 heterocycles. The average Bonchev–Trinajstić information content (AvgIpc) is 3.93. The molecule has 13 aromatic rings. The summed E-state index contributed by atoms with van der Waals surface area (Å²) in [4.78, 5) is 2.40. The first kappa shape index (κ1) is 36.9. The van der Waals surface area contributed by atoms with Gasteiger partial charge < -0.3 is 13.9 Å². The van der Waals surface area contributed by atoms with Crippen molar-refractivity contribution in [2.24, 2.45) is 0 Å². The Morgan fingerprint density at radius 3 is 1.65 bits per heavy atom. The van der Waals surface area contributed by atoms with Gasteiger partial charge in [-0.3, -0.25) is 0 Å². The normalized spacial score (nSPS) is 11.7. The minimum atomic E-state index is 0.884. The summed E-state index contributed by atoms with van der Waals surface area (Å²) in [6, 6.07) is 87.7. The lowest BCUT2D eigenvalue weighted by molar-refractivity contribution is 0.672. The summed E-state index contributed by atoms with van der Waals surface area (Å²) in [5.41, 5.74) is 15.6. The molecule has 0 amide bonds. The Morgan fingerprint density at radius 2 is 0.877 bits per heavy atom. The Labute approximate surface area is 376 Å². The van der Waals surface area contributed by atoms with Crippen molar-refractivity contribution in [1.82, 2.24) is 4.57 Å². The second kappa shape index (κ2) is 15.0. The van der Waals surface area contributed by atoms with E-state index in [1.54, 1.807) is 0 Å². The van der Waals surface area contributed by atoms with Gasteiger partial charge in [-0.25, -0.2) is 0 Å². The first-order chi connectivity index (χ1) is 32.2. The van der Waals surface area contributed by atoms with E-state index < -0.39 is 0 Å². The van der Waals surface area contributed by atoms with E-state index in [0.29, 0.717) is 0 Å². The summed E-state index contributed by atoms with van der Waals surface area (Å²) in [5.74, 6) is 0. The molecule has 0 unspecified atom stereocenters. The largest absolute Gasteiger partial charge is 0.455 e. The van der Waals surface area contributed by atoms with Gasteiger partial charge in [0, 0.05) is 49.6 Å². The number of para-hydroxylation sites is 3. The molecule has 0 aliphatic rings. The minimum absolute atomic E-state index is 0.884. The van der Waals surface area contributed by atoms with E-state index in [9.17, 15) is 0 Å². The first-order valence-corrected chi connectivity index (χ1v) is 22.2. The van der Waals surface area contributed by atoms with E-state index in [-0.39, 0.29) is 0 Å². The maximum absolute atomic E-state index is 6.55. The highest BCUT2D eigenvalue weighted by Crippen LogP contribution is 2.44. The van der Waals surface area contributed by atoms with Gasteiger partial charge in [-0.15, -0.1) is 0 Å². The van der Waals surface area contributed by atoms with Gasteiger partial charge in [0.05, 0.1) is 16.7 Å². The van der Waals surface area contributed by atoms with Gasteiger partial charge in [0.1, 0.15) is 11.2 Å². The fraction of sp³-hybridized carbons (Fsp3) is 0. The van der Waals surface area contributed by atoms with Gasteiger partial charge in [0.15, 0.2) is 0 Å². The number of nitrogens with zero attached hydrogens (tertiary/aromatic N) is 2. The van der Waals surface area contributed by atoms with Crippen molar-refractivity contribution in [3.63, 3.8) is 0 Å². The fourth-order valence-electron chi connectivity index (χ4n) is 10.1. The Hall–Kier alpha value is -8.66. The van der Waals surface area contributed by atoms with Gasteiger partial charge in [-0.2, -0.15) is 0 Å². The van der Waals surface area contributed by atoms with Crippen molar-refractivity contribution in [3.8, 4) is 39.1 Å². The molecule has 11 aromatic carbocycles. The lowest BCUT2D eigenvalue weighted by atomic mass is 9.95. The van der Waals surface area contributed by atoms with E-state index in [4.69, 9.17) is 4.42 Å². The number of fused-ring (bicyclic) bond motifs is 9. The zero-order chi connectivity index (χ0) is 42.8. The van der Waals surface area contributed by atoms with Crippen LogP contribution in [-0.4, -0.2) is 4.57 Å². The molecule has 0 N–H and O–H groups in total. The van der Waals surface area contributed by atoms with Crippen molar-refractivity contribution in [1.29, 1.82) is 0 Å². The molecule has 0 saturated carbocycles. The van der Waals surface area contributed by atoms with Crippen LogP contribution in [0.4, 0.5) is 17.1 Å². The lowest BCUT2D eigenvalue weighted by Gasteiger charge is -2.28. The molecule has 0 saturated heterocycles. The van der Waals surface area contributed by atoms with E-state index in [0.717, 1.165) is 66.8 Å². The third-order valence-corrected chi connectivity index (χ3v) is 13.2. The van der Waals surface area contributed by atoms with Crippen molar-refractivity contribution in [3.05, 3.63) is 243 Å². The summed E-state index contributed by atoms with van der Waals surface area (Å²) < 4.78 is 8.93. The van der Waals surface area contributed by atoms with Crippen LogP contribution in [0.15, 0.2) is 247 Å². The predicted octanol–water partition coefficient (Wildman–Crippen LogP) is 17.5. The molecule has 0 aliphatic carbocycles. The topological polar surface area (TPSA) is 21.3 Å². The maximum Gasteiger partial charge on any atom is 0.143 e. The molecule has 0 atom stereocenters. The van der Waals surface area contributed by atoms with Crippen LogP contribution in [0.1, 0.15) is 0 Å². The van der Waals surface area contributed by atoms with Gasteiger partial charge in [-0.05, 0) is 123 Å². The highest BCUT2D eigenvalue weighted by Gasteiger charge is 2.20. The van der Waals surface area contributed by atoms with Crippen LogP contribution in [0.3, 0.4) is 0 Å². The Balaban J connectivity index is 0.944. The maximum atomic E-state index is 6.55. The van der Waals surface area contributed by atoms with Crippen LogP contribution in [-0.2, 0) is 0 Å². The Kier molecular flexibility index (Phi) is 8.53. The second-order valence-electron chi connectivity index (χ2n) is 16.9. The van der Waals surface area contributed by atoms with Crippen LogP contribution in [0, 0.1) is 0 Å². The molecule has 0 aliphatic heterocycles. The summed E-state index contributed by atoms with van der Waals surface area (Å²) in [5, 5.41) is 9.53. The SMILES string of the molecule is c1cc(-c2ccc(N(c3ccc(-n4c5ccccc5c5ccccc54)cc3)c3ccccc3-c3ccc4oc5c6ccccc6ccc5c4c3)cc2)cc(-c2cccc3ccccc23)c1. The summed E-state index contributed by atoms with van der Waals surface area (Å²) >= 11 is 0. The van der Waals surface area contributed by atoms with Gasteiger partial charge in [0.2, 0.25) is 0 Å². The third kappa shape index (κ3) is 6.12. The molecule has 0 spiro atoms. The molecule has 3 nitrogen and oxygen atoms in total. The van der Waals surface area contributed by atoms with Crippen LogP contribution in [0.5, 0.6) is 0 Å². The molecule has 0 fully saturated rings. The number of benzene rings is 11. The van der Waals surface area contributed by atoms with Crippen LogP contribution < -0.4 is 4.90 Å². The van der Waals surface area contributed by atoms with Crippen molar-refractivity contribution in [2.75, 3.05) is 4.90 Å². The minimum Gasteiger partial charge on any atom is -0.455 e. The number of hydrogen-bond donors (Lipinski definition) is 0. The molecular formula is C62H40N2O. The molecule has 304 valence electrons. The van der Waals surface area contributed by atoms with Gasteiger partial charge >= 0.3 is 0 Å². The molecule has 0 bridgehead atoms.